The van der Waals surface area contributed by atoms with Gasteiger partial charge < -0.3 is 15.8 Å². The minimum Gasteiger partial charge on any atom is -0.381 e. The Hall–Kier alpha value is -0.610. The third-order valence-electron chi connectivity index (χ3n) is 2.84. The number of amides is 1. The Morgan fingerprint density at radius 3 is 2.86 bits per heavy atom. The number of hydrogen-bond donors (Lipinski definition) is 2. The molecule has 0 aromatic heterocycles. The van der Waals surface area contributed by atoms with E-state index in [9.17, 15) is 4.79 Å². The zero-order chi connectivity index (χ0) is 10.6. The Morgan fingerprint density at radius 1 is 1.64 bits per heavy atom. The van der Waals surface area contributed by atoms with Gasteiger partial charge in [-0.1, -0.05) is 6.92 Å². The van der Waals surface area contributed by atoms with Crippen molar-refractivity contribution in [2.45, 2.75) is 50.8 Å². The average Bonchev–Trinajstić information content (AvgIpc) is 2.64. The van der Waals surface area contributed by atoms with Gasteiger partial charge in [0.1, 0.15) is 0 Å². The van der Waals surface area contributed by atoms with Crippen LogP contribution in [0.4, 0.5) is 0 Å². The van der Waals surface area contributed by atoms with E-state index in [2.05, 4.69) is 5.32 Å². The third-order valence-corrected chi connectivity index (χ3v) is 2.84. The highest BCUT2D eigenvalue weighted by molar-refractivity contribution is 5.81. The van der Waals surface area contributed by atoms with Crippen LogP contribution in [0.15, 0.2) is 0 Å². The molecule has 0 heterocycles. The molecule has 2 unspecified atom stereocenters. The zero-order valence-corrected chi connectivity index (χ0v) is 8.95. The first-order valence-electron chi connectivity index (χ1n) is 5.26. The first-order valence-corrected chi connectivity index (χ1v) is 5.26. The first-order chi connectivity index (χ1) is 6.67. The van der Waals surface area contributed by atoms with E-state index < -0.39 is 0 Å². The summed E-state index contributed by atoms with van der Waals surface area (Å²) in [7, 11) is 1.71. The fraction of sp³-hybridized carbons (Fsp3) is 0.900. The molecule has 1 rings (SSSR count). The van der Waals surface area contributed by atoms with Gasteiger partial charge in [0.15, 0.2) is 0 Å². The van der Waals surface area contributed by atoms with Crippen molar-refractivity contribution in [3.05, 3.63) is 0 Å². The highest BCUT2D eigenvalue weighted by Crippen LogP contribution is 2.21. The van der Waals surface area contributed by atoms with Crippen LogP contribution in [0.1, 0.15) is 32.6 Å². The minimum absolute atomic E-state index is 0.0331. The summed E-state index contributed by atoms with van der Waals surface area (Å²) in [4.78, 5) is 11.4. The number of carbonyl (C=O) groups is 1. The fourth-order valence-electron chi connectivity index (χ4n) is 1.78. The minimum atomic E-state index is -0.364. The molecular formula is C10H20N2O2. The summed E-state index contributed by atoms with van der Waals surface area (Å²) < 4.78 is 5.23. The molecule has 14 heavy (non-hydrogen) atoms. The predicted octanol–water partition coefficient (Wildman–Crippen LogP) is 0.407. The molecule has 1 amide bonds. The van der Waals surface area contributed by atoms with Crippen LogP contribution in [0, 0.1) is 0 Å². The normalized spacial score (nSPS) is 28.8. The lowest BCUT2D eigenvalue weighted by Gasteiger charge is -2.15. The molecule has 1 fully saturated rings. The maximum Gasteiger partial charge on any atom is 0.237 e. The standard InChI is InChI=1S/C10H20N2O2/c1-3-9(11)10(13)12-7-4-5-8(6-7)14-2/h7-9H,3-6,11H2,1-2H3,(H,12,13)/t7?,8?,9-/m0/s1. The van der Waals surface area contributed by atoms with Gasteiger partial charge in [-0.25, -0.2) is 0 Å². The summed E-state index contributed by atoms with van der Waals surface area (Å²) >= 11 is 0. The van der Waals surface area contributed by atoms with Gasteiger partial charge >= 0.3 is 0 Å². The molecule has 3 N–H and O–H groups in total. The van der Waals surface area contributed by atoms with Gasteiger partial charge in [-0.3, -0.25) is 4.79 Å². The topological polar surface area (TPSA) is 64.4 Å². The van der Waals surface area contributed by atoms with Crippen molar-refractivity contribution < 1.29 is 9.53 Å². The van der Waals surface area contributed by atoms with E-state index in [1.165, 1.54) is 0 Å². The molecule has 1 saturated carbocycles. The monoisotopic (exact) mass is 200 g/mol. The maximum atomic E-state index is 11.4. The Labute approximate surface area is 85.2 Å². The van der Waals surface area contributed by atoms with Crippen molar-refractivity contribution in [1.82, 2.24) is 5.32 Å². The average molecular weight is 200 g/mol. The quantitative estimate of drug-likeness (QED) is 0.690. The SMILES string of the molecule is CC[C@H](N)C(=O)NC1CCC(OC)C1. The lowest BCUT2D eigenvalue weighted by atomic mass is 10.2. The van der Waals surface area contributed by atoms with Crippen LogP contribution in [0.5, 0.6) is 0 Å². The van der Waals surface area contributed by atoms with Crippen LogP contribution in [-0.2, 0) is 9.53 Å². The molecule has 1 aliphatic carbocycles. The second-order valence-electron chi connectivity index (χ2n) is 3.89. The second kappa shape index (κ2) is 5.32. The number of ether oxygens (including phenoxy) is 1. The highest BCUT2D eigenvalue weighted by atomic mass is 16.5. The van der Waals surface area contributed by atoms with E-state index in [1.54, 1.807) is 7.11 Å². The molecule has 4 heteroatoms. The summed E-state index contributed by atoms with van der Waals surface area (Å²) in [5.74, 6) is -0.0331. The van der Waals surface area contributed by atoms with Crippen LogP contribution < -0.4 is 11.1 Å². The van der Waals surface area contributed by atoms with Gasteiger partial charge in [-0.05, 0) is 25.7 Å². The maximum absolute atomic E-state index is 11.4. The van der Waals surface area contributed by atoms with Gasteiger partial charge in [0.05, 0.1) is 12.1 Å². The van der Waals surface area contributed by atoms with Gasteiger partial charge in [0.25, 0.3) is 0 Å². The Morgan fingerprint density at radius 2 is 2.36 bits per heavy atom. The van der Waals surface area contributed by atoms with Gasteiger partial charge in [0.2, 0.25) is 5.91 Å². The zero-order valence-electron chi connectivity index (χ0n) is 8.95. The van der Waals surface area contributed by atoms with E-state index in [0.717, 1.165) is 19.3 Å². The van der Waals surface area contributed by atoms with Crippen LogP contribution >= 0.6 is 0 Å². The van der Waals surface area contributed by atoms with Gasteiger partial charge in [-0.2, -0.15) is 0 Å². The number of nitrogens with one attached hydrogen (secondary N) is 1. The van der Waals surface area contributed by atoms with E-state index in [-0.39, 0.29) is 18.0 Å². The fourth-order valence-corrected chi connectivity index (χ4v) is 1.78. The van der Waals surface area contributed by atoms with Gasteiger partial charge in [0, 0.05) is 13.2 Å². The molecule has 82 valence electrons. The van der Waals surface area contributed by atoms with Crippen molar-refractivity contribution in [3.63, 3.8) is 0 Å². The first kappa shape index (κ1) is 11.5. The molecule has 0 aromatic rings. The summed E-state index contributed by atoms with van der Waals surface area (Å²) in [6.45, 7) is 1.91. The van der Waals surface area contributed by atoms with Crippen molar-refractivity contribution in [2.75, 3.05) is 7.11 Å². The van der Waals surface area contributed by atoms with E-state index in [1.807, 2.05) is 6.92 Å². The largest absolute Gasteiger partial charge is 0.381 e. The molecule has 0 aliphatic heterocycles. The lowest BCUT2D eigenvalue weighted by Crippen LogP contribution is -2.44. The molecule has 0 saturated heterocycles. The van der Waals surface area contributed by atoms with E-state index >= 15 is 0 Å². The molecule has 0 aromatic carbocycles. The van der Waals surface area contributed by atoms with Gasteiger partial charge in [-0.15, -0.1) is 0 Å². The number of carbonyl (C=O) groups excluding carboxylic acids is 1. The summed E-state index contributed by atoms with van der Waals surface area (Å²) in [6.07, 6.45) is 3.94. The molecule has 4 nitrogen and oxygen atoms in total. The van der Waals surface area contributed by atoms with Crippen molar-refractivity contribution in [3.8, 4) is 0 Å². The van der Waals surface area contributed by atoms with Crippen LogP contribution in [0.3, 0.4) is 0 Å². The number of hydrogen-bond acceptors (Lipinski definition) is 3. The summed E-state index contributed by atoms with van der Waals surface area (Å²) in [5, 5.41) is 2.95. The number of rotatable bonds is 4. The second-order valence-corrected chi connectivity index (χ2v) is 3.89. The Kier molecular flexibility index (Phi) is 4.35. The Balaban J connectivity index is 2.28. The molecule has 0 spiro atoms. The molecule has 0 bridgehead atoms. The van der Waals surface area contributed by atoms with E-state index in [0.29, 0.717) is 12.5 Å². The Bertz CT molecular complexity index is 197. The van der Waals surface area contributed by atoms with Crippen molar-refractivity contribution >= 4 is 5.91 Å². The lowest BCUT2D eigenvalue weighted by molar-refractivity contribution is -0.123. The van der Waals surface area contributed by atoms with Crippen LogP contribution in [0.25, 0.3) is 0 Å². The van der Waals surface area contributed by atoms with E-state index in [4.69, 9.17) is 10.5 Å². The predicted molar refractivity (Wildman–Crippen MR) is 54.8 cm³/mol. The molecule has 3 atom stereocenters. The summed E-state index contributed by atoms with van der Waals surface area (Å²) in [6, 6.07) is -0.110. The smallest absolute Gasteiger partial charge is 0.237 e. The van der Waals surface area contributed by atoms with Crippen molar-refractivity contribution in [2.24, 2.45) is 5.73 Å². The number of methoxy groups -OCH3 is 1. The third kappa shape index (κ3) is 2.96. The summed E-state index contributed by atoms with van der Waals surface area (Å²) in [5.41, 5.74) is 5.62. The van der Waals surface area contributed by atoms with Crippen LogP contribution in [-0.4, -0.2) is 31.2 Å². The number of nitrogens with two attached hydrogens (primary N) is 1. The molecular weight excluding hydrogens is 180 g/mol. The van der Waals surface area contributed by atoms with Crippen molar-refractivity contribution in [1.29, 1.82) is 0 Å². The van der Waals surface area contributed by atoms with Crippen LogP contribution in [0.2, 0.25) is 0 Å². The molecule has 0 radical (unpaired) electrons. The molecule has 1 aliphatic rings. The highest BCUT2D eigenvalue weighted by Gasteiger charge is 2.26.